The number of nitrogens with two attached hydrogens (primary N) is 1. The Kier molecular flexibility index (Phi) is 2.49. The zero-order valence-electron chi connectivity index (χ0n) is 7.88. The van der Waals surface area contributed by atoms with E-state index in [0.717, 1.165) is 0 Å². The van der Waals surface area contributed by atoms with Crippen LogP contribution >= 0.6 is 11.6 Å². The van der Waals surface area contributed by atoms with Gasteiger partial charge in [-0.2, -0.15) is 0 Å². The Labute approximate surface area is 94.7 Å². The third kappa shape index (κ3) is 1.70. The van der Waals surface area contributed by atoms with Crippen LogP contribution < -0.4 is 5.73 Å². The predicted octanol–water partition coefficient (Wildman–Crippen LogP) is 2.49. The number of benzene rings is 1. The lowest BCUT2D eigenvalue weighted by Crippen LogP contribution is -1.88. The lowest BCUT2D eigenvalue weighted by Gasteiger charge is -1.96. The topological polar surface area (TPSA) is 95.2 Å². The van der Waals surface area contributed by atoms with Crippen molar-refractivity contribution in [3.63, 3.8) is 0 Å². The molecule has 0 aliphatic heterocycles. The molecule has 0 fully saturated rings. The van der Waals surface area contributed by atoms with Gasteiger partial charge in [-0.3, -0.25) is 10.1 Å². The predicted molar refractivity (Wildman–Crippen MR) is 58.0 cm³/mol. The Morgan fingerprint density at radius 2 is 2.25 bits per heavy atom. The van der Waals surface area contributed by atoms with Gasteiger partial charge in [0.2, 0.25) is 0 Å². The molecule has 0 saturated carbocycles. The monoisotopic (exact) mass is 239 g/mol. The molecule has 0 aliphatic carbocycles. The van der Waals surface area contributed by atoms with Crippen LogP contribution in [0.4, 0.5) is 11.5 Å². The highest BCUT2D eigenvalue weighted by molar-refractivity contribution is 6.35. The van der Waals surface area contributed by atoms with Crippen LogP contribution in [-0.4, -0.2) is 10.1 Å². The zero-order chi connectivity index (χ0) is 11.7. The number of rotatable bonds is 2. The van der Waals surface area contributed by atoms with E-state index >= 15 is 0 Å². The average molecular weight is 240 g/mol. The van der Waals surface area contributed by atoms with Crippen LogP contribution in [0.3, 0.4) is 0 Å². The lowest BCUT2D eigenvalue weighted by atomic mass is 10.1. The second kappa shape index (κ2) is 3.82. The molecular weight excluding hydrogens is 234 g/mol. The molecule has 2 aromatic rings. The number of nitrogen functional groups attached to an aromatic ring is 1. The van der Waals surface area contributed by atoms with Gasteiger partial charge in [0.15, 0.2) is 11.6 Å². The van der Waals surface area contributed by atoms with Crippen molar-refractivity contribution in [2.24, 2.45) is 0 Å². The molecule has 82 valence electrons. The Morgan fingerprint density at radius 3 is 2.81 bits per heavy atom. The van der Waals surface area contributed by atoms with Crippen molar-refractivity contribution in [3.8, 4) is 11.3 Å². The van der Waals surface area contributed by atoms with Gasteiger partial charge in [-0.1, -0.05) is 28.9 Å². The van der Waals surface area contributed by atoms with Gasteiger partial charge in [0.1, 0.15) is 5.02 Å². The quantitative estimate of drug-likeness (QED) is 0.642. The molecule has 0 amide bonds. The van der Waals surface area contributed by atoms with E-state index in [1.54, 1.807) is 6.07 Å². The Hall–Kier alpha value is -2.08. The summed E-state index contributed by atoms with van der Waals surface area (Å²) in [4.78, 5) is 10.1. The molecule has 0 atom stereocenters. The van der Waals surface area contributed by atoms with Crippen molar-refractivity contribution in [3.05, 3.63) is 39.4 Å². The largest absolute Gasteiger partial charge is 0.380 e. The zero-order valence-corrected chi connectivity index (χ0v) is 8.64. The minimum Gasteiger partial charge on any atom is -0.380 e. The van der Waals surface area contributed by atoms with Gasteiger partial charge in [0.05, 0.1) is 4.92 Å². The number of anilines is 1. The third-order valence-electron chi connectivity index (χ3n) is 1.98. The van der Waals surface area contributed by atoms with E-state index in [2.05, 4.69) is 5.16 Å². The van der Waals surface area contributed by atoms with E-state index in [-0.39, 0.29) is 22.3 Å². The van der Waals surface area contributed by atoms with Crippen molar-refractivity contribution < 1.29 is 9.45 Å². The molecule has 0 saturated heterocycles. The van der Waals surface area contributed by atoms with Crippen LogP contribution in [0, 0.1) is 10.1 Å². The molecule has 2 rings (SSSR count). The first-order valence-electron chi connectivity index (χ1n) is 4.25. The molecule has 16 heavy (non-hydrogen) atoms. The fraction of sp³-hybridized carbons (Fsp3) is 0. The Bertz CT molecular complexity index is 553. The standard InChI is InChI=1S/C9H6ClN3O3/c10-7-8(16-12-9(7)11)5-2-1-3-6(4-5)13(14)15/h1-4H,(H2,11,12). The molecule has 2 N–H and O–H groups in total. The molecule has 0 aliphatic rings. The smallest absolute Gasteiger partial charge is 0.270 e. The van der Waals surface area contributed by atoms with Crippen molar-refractivity contribution in [1.29, 1.82) is 0 Å². The maximum absolute atomic E-state index is 10.6. The van der Waals surface area contributed by atoms with Gasteiger partial charge in [-0.05, 0) is 0 Å². The third-order valence-corrected chi connectivity index (χ3v) is 2.34. The van der Waals surface area contributed by atoms with E-state index < -0.39 is 4.92 Å². The summed E-state index contributed by atoms with van der Waals surface area (Å²) < 4.78 is 4.89. The molecule has 0 radical (unpaired) electrons. The van der Waals surface area contributed by atoms with Crippen LogP contribution in [0.15, 0.2) is 28.8 Å². The first-order chi connectivity index (χ1) is 7.59. The maximum atomic E-state index is 10.6. The molecule has 1 aromatic carbocycles. The maximum Gasteiger partial charge on any atom is 0.270 e. The van der Waals surface area contributed by atoms with Crippen LogP contribution in [0.25, 0.3) is 11.3 Å². The summed E-state index contributed by atoms with van der Waals surface area (Å²) in [5, 5.41) is 14.2. The van der Waals surface area contributed by atoms with E-state index in [9.17, 15) is 10.1 Å². The first kappa shape index (κ1) is 10.4. The summed E-state index contributed by atoms with van der Waals surface area (Å²) in [6.07, 6.45) is 0. The highest BCUT2D eigenvalue weighted by atomic mass is 35.5. The van der Waals surface area contributed by atoms with Crippen molar-refractivity contribution >= 4 is 23.1 Å². The van der Waals surface area contributed by atoms with Crippen LogP contribution in [0.1, 0.15) is 0 Å². The van der Waals surface area contributed by atoms with Crippen molar-refractivity contribution in [2.75, 3.05) is 5.73 Å². The van der Waals surface area contributed by atoms with Gasteiger partial charge in [-0.15, -0.1) is 0 Å². The van der Waals surface area contributed by atoms with E-state index in [0.29, 0.717) is 5.56 Å². The van der Waals surface area contributed by atoms with E-state index in [4.69, 9.17) is 21.9 Å². The number of non-ortho nitro benzene ring substituents is 1. The molecule has 0 bridgehead atoms. The number of hydrogen-bond acceptors (Lipinski definition) is 5. The highest BCUT2D eigenvalue weighted by Crippen LogP contribution is 2.33. The molecule has 1 heterocycles. The SMILES string of the molecule is Nc1noc(-c2cccc([N+](=O)[O-])c2)c1Cl. The molecule has 6 nitrogen and oxygen atoms in total. The Balaban J connectivity index is 2.52. The number of halogens is 1. The normalized spacial score (nSPS) is 10.3. The first-order valence-corrected chi connectivity index (χ1v) is 4.63. The van der Waals surface area contributed by atoms with Gasteiger partial charge in [-0.25, -0.2) is 0 Å². The summed E-state index contributed by atoms with van der Waals surface area (Å²) in [5.74, 6) is 0.283. The minimum absolute atomic E-state index is 0.0523. The fourth-order valence-electron chi connectivity index (χ4n) is 1.23. The lowest BCUT2D eigenvalue weighted by molar-refractivity contribution is -0.384. The number of nitrogens with zero attached hydrogens (tertiary/aromatic N) is 2. The van der Waals surface area contributed by atoms with Crippen LogP contribution in [0.5, 0.6) is 0 Å². The molecule has 7 heteroatoms. The molecular formula is C9H6ClN3O3. The summed E-state index contributed by atoms with van der Waals surface area (Å²) in [7, 11) is 0. The summed E-state index contributed by atoms with van der Waals surface area (Å²) in [6, 6.07) is 5.87. The number of aromatic nitrogens is 1. The number of nitro groups is 1. The average Bonchev–Trinajstić information content (AvgIpc) is 2.60. The van der Waals surface area contributed by atoms with Crippen molar-refractivity contribution in [2.45, 2.75) is 0 Å². The summed E-state index contributed by atoms with van der Waals surface area (Å²) in [6.45, 7) is 0. The number of hydrogen-bond donors (Lipinski definition) is 1. The van der Waals surface area contributed by atoms with Gasteiger partial charge in [0, 0.05) is 17.7 Å². The van der Waals surface area contributed by atoms with E-state index in [1.165, 1.54) is 18.2 Å². The molecule has 1 aromatic heterocycles. The van der Waals surface area contributed by atoms with Crippen LogP contribution in [0.2, 0.25) is 5.02 Å². The second-order valence-electron chi connectivity index (χ2n) is 3.02. The van der Waals surface area contributed by atoms with Crippen molar-refractivity contribution in [1.82, 2.24) is 5.16 Å². The summed E-state index contributed by atoms with van der Waals surface area (Å²) in [5.41, 5.74) is 5.81. The summed E-state index contributed by atoms with van der Waals surface area (Å²) >= 11 is 5.82. The second-order valence-corrected chi connectivity index (χ2v) is 3.40. The van der Waals surface area contributed by atoms with Gasteiger partial charge >= 0.3 is 0 Å². The fourth-order valence-corrected chi connectivity index (χ4v) is 1.41. The Morgan fingerprint density at radius 1 is 1.50 bits per heavy atom. The van der Waals surface area contributed by atoms with Gasteiger partial charge < -0.3 is 10.3 Å². The minimum atomic E-state index is -0.503. The number of nitro benzene ring substituents is 1. The van der Waals surface area contributed by atoms with Crippen LogP contribution in [-0.2, 0) is 0 Å². The van der Waals surface area contributed by atoms with Gasteiger partial charge in [0.25, 0.3) is 5.69 Å². The highest BCUT2D eigenvalue weighted by Gasteiger charge is 2.16. The molecule has 0 unspecified atom stereocenters. The molecule has 0 spiro atoms. The van der Waals surface area contributed by atoms with E-state index in [1.807, 2.05) is 0 Å².